The molecule has 4 heteroatoms. The van der Waals surface area contributed by atoms with E-state index in [2.05, 4.69) is 23.4 Å². The minimum atomic E-state index is 0.480. The highest BCUT2D eigenvalue weighted by Gasteiger charge is 2.12. The van der Waals surface area contributed by atoms with Gasteiger partial charge in [-0.25, -0.2) is 0 Å². The summed E-state index contributed by atoms with van der Waals surface area (Å²) in [5.74, 6) is 0.517. The van der Waals surface area contributed by atoms with E-state index in [1.54, 1.807) is 12.2 Å². The predicted molar refractivity (Wildman–Crippen MR) is 72.3 cm³/mol. The van der Waals surface area contributed by atoms with Gasteiger partial charge in [0.2, 0.25) is 5.89 Å². The number of anilines is 1. The van der Waals surface area contributed by atoms with Crippen LogP contribution in [-0.2, 0) is 0 Å². The second-order valence-corrected chi connectivity index (χ2v) is 3.74. The largest absolute Gasteiger partial charge is 0.403 e. The Kier molecular flexibility index (Phi) is 3.91. The minimum Gasteiger partial charge on any atom is -0.403 e. The Hall–Kier alpha value is -2.36. The summed E-state index contributed by atoms with van der Waals surface area (Å²) in [6.45, 7) is 8.70. The molecule has 92 valence electrons. The summed E-state index contributed by atoms with van der Waals surface area (Å²) < 4.78 is 5.65. The quantitative estimate of drug-likeness (QED) is 0.729. The van der Waals surface area contributed by atoms with Crippen LogP contribution in [0, 0.1) is 0 Å². The van der Waals surface area contributed by atoms with E-state index in [-0.39, 0.29) is 0 Å². The topological polar surface area (TPSA) is 42.2 Å². The van der Waals surface area contributed by atoms with Gasteiger partial charge in [0.05, 0.1) is 0 Å². The number of rotatable bonds is 6. The Morgan fingerprint density at radius 1 is 1.06 bits per heavy atom. The van der Waals surface area contributed by atoms with Gasteiger partial charge in [-0.05, 0) is 12.1 Å². The molecule has 0 bridgehead atoms. The minimum absolute atomic E-state index is 0.480. The van der Waals surface area contributed by atoms with Gasteiger partial charge in [-0.1, -0.05) is 35.4 Å². The molecular formula is C14H15N3O. The third kappa shape index (κ3) is 2.66. The van der Waals surface area contributed by atoms with Gasteiger partial charge in [-0.2, -0.15) is 0 Å². The van der Waals surface area contributed by atoms with Gasteiger partial charge in [0, 0.05) is 18.7 Å². The predicted octanol–water partition coefficient (Wildman–Crippen LogP) is 2.92. The second-order valence-electron chi connectivity index (χ2n) is 3.74. The average Bonchev–Trinajstić information content (AvgIpc) is 2.89. The summed E-state index contributed by atoms with van der Waals surface area (Å²) >= 11 is 0. The van der Waals surface area contributed by atoms with E-state index in [4.69, 9.17) is 4.42 Å². The van der Waals surface area contributed by atoms with E-state index in [0.29, 0.717) is 25.0 Å². The fourth-order valence-electron chi connectivity index (χ4n) is 1.58. The van der Waals surface area contributed by atoms with Crippen LogP contribution in [0.3, 0.4) is 0 Å². The van der Waals surface area contributed by atoms with Crippen molar-refractivity contribution in [3.63, 3.8) is 0 Å². The molecule has 1 aromatic heterocycles. The maximum Gasteiger partial charge on any atom is 0.319 e. The summed E-state index contributed by atoms with van der Waals surface area (Å²) in [5.41, 5.74) is 0.911. The van der Waals surface area contributed by atoms with Crippen LogP contribution in [0.25, 0.3) is 11.5 Å². The zero-order chi connectivity index (χ0) is 12.8. The Morgan fingerprint density at radius 3 is 2.33 bits per heavy atom. The molecule has 0 spiro atoms. The third-order valence-electron chi connectivity index (χ3n) is 2.40. The van der Waals surface area contributed by atoms with Crippen LogP contribution in [0.1, 0.15) is 0 Å². The Morgan fingerprint density at radius 2 is 1.72 bits per heavy atom. The van der Waals surface area contributed by atoms with E-state index in [0.717, 1.165) is 5.56 Å². The Labute approximate surface area is 106 Å². The molecule has 0 unspecified atom stereocenters. The van der Waals surface area contributed by atoms with Crippen LogP contribution in [0.4, 0.5) is 6.01 Å². The van der Waals surface area contributed by atoms with E-state index >= 15 is 0 Å². The fourth-order valence-corrected chi connectivity index (χ4v) is 1.58. The van der Waals surface area contributed by atoms with Gasteiger partial charge in [0.1, 0.15) is 0 Å². The van der Waals surface area contributed by atoms with Crippen molar-refractivity contribution in [1.29, 1.82) is 0 Å². The fraction of sp³-hybridized carbons (Fsp3) is 0.143. The zero-order valence-corrected chi connectivity index (χ0v) is 10.1. The summed E-state index contributed by atoms with van der Waals surface area (Å²) in [7, 11) is 0. The van der Waals surface area contributed by atoms with Crippen molar-refractivity contribution in [2.24, 2.45) is 0 Å². The van der Waals surface area contributed by atoms with Crippen molar-refractivity contribution in [1.82, 2.24) is 10.2 Å². The average molecular weight is 241 g/mol. The summed E-state index contributed by atoms with van der Waals surface area (Å²) in [4.78, 5) is 1.90. The molecule has 0 aliphatic heterocycles. The van der Waals surface area contributed by atoms with Crippen molar-refractivity contribution in [3.05, 3.63) is 55.6 Å². The highest BCUT2D eigenvalue weighted by molar-refractivity contribution is 5.53. The molecule has 0 saturated carbocycles. The van der Waals surface area contributed by atoms with Crippen molar-refractivity contribution >= 4 is 6.01 Å². The van der Waals surface area contributed by atoms with Crippen LogP contribution >= 0.6 is 0 Å². The van der Waals surface area contributed by atoms with Gasteiger partial charge in [-0.15, -0.1) is 18.3 Å². The molecule has 0 atom stereocenters. The maximum atomic E-state index is 5.65. The molecule has 0 N–H and O–H groups in total. The second kappa shape index (κ2) is 5.82. The zero-order valence-electron chi connectivity index (χ0n) is 10.1. The molecule has 0 amide bonds. The molecule has 0 aliphatic carbocycles. The summed E-state index contributed by atoms with van der Waals surface area (Å²) in [6.07, 6.45) is 3.58. The molecule has 0 radical (unpaired) electrons. The molecule has 0 aliphatic rings. The highest BCUT2D eigenvalue weighted by atomic mass is 16.4. The van der Waals surface area contributed by atoms with Crippen molar-refractivity contribution in [2.45, 2.75) is 0 Å². The number of nitrogens with zero attached hydrogens (tertiary/aromatic N) is 3. The first-order valence-corrected chi connectivity index (χ1v) is 5.71. The van der Waals surface area contributed by atoms with Crippen LogP contribution in [0.5, 0.6) is 0 Å². The van der Waals surface area contributed by atoms with Gasteiger partial charge in [-0.3, -0.25) is 0 Å². The van der Waals surface area contributed by atoms with Crippen molar-refractivity contribution in [3.8, 4) is 11.5 Å². The monoisotopic (exact) mass is 241 g/mol. The lowest BCUT2D eigenvalue weighted by molar-refractivity contribution is 0.556. The molecule has 1 heterocycles. The number of hydrogen-bond acceptors (Lipinski definition) is 4. The lowest BCUT2D eigenvalue weighted by atomic mass is 10.2. The highest BCUT2D eigenvalue weighted by Crippen LogP contribution is 2.21. The van der Waals surface area contributed by atoms with E-state index < -0.39 is 0 Å². The van der Waals surface area contributed by atoms with Gasteiger partial charge in [0.15, 0.2) is 0 Å². The smallest absolute Gasteiger partial charge is 0.319 e. The molecule has 2 aromatic rings. The van der Waals surface area contributed by atoms with Crippen molar-refractivity contribution < 1.29 is 4.42 Å². The molecule has 2 rings (SSSR count). The molecule has 18 heavy (non-hydrogen) atoms. The first-order chi connectivity index (χ1) is 8.85. The third-order valence-corrected chi connectivity index (χ3v) is 2.40. The molecule has 4 nitrogen and oxygen atoms in total. The Balaban J connectivity index is 2.23. The van der Waals surface area contributed by atoms with E-state index in [9.17, 15) is 0 Å². The maximum absolute atomic E-state index is 5.65. The van der Waals surface area contributed by atoms with Crippen molar-refractivity contribution in [2.75, 3.05) is 18.0 Å². The normalized spacial score (nSPS) is 10.0. The number of benzene rings is 1. The molecule has 0 fully saturated rings. The van der Waals surface area contributed by atoms with Crippen LogP contribution in [0.15, 0.2) is 60.1 Å². The van der Waals surface area contributed by atoms with Crippen LogP contribution < -0.4 is 4.90 Å². The molecule has 0 saturated heterocycles. The van der Waals surface area contributed by atoms with Gasteiger partial charge in [0.25, 0.3) is 0 Å². The summed E-state index contributed by atoms with van der Waals surface area (Å²) in [5, 5.41) is 8.09. The molecular weight excluding hydrogens is 226 g/mol. The Bertz CT molecular complexity index is 509. The standard InChI is InChI=1S/C14H15N3O/c1-3-10-17(11-4-2)14-16-15-13(18-14)12-8-6-5-7-9-12/h3-9H,1-2,10-11H2. The number of aromatic nitrogens is 2. The lowest BCUT2D eigenvalue weighted by Crippen LogP contribution is -2.23. The van der Waals surface area contributed by atoms with Crippen LogP contribution in [0.2, 0.25) is 0 Å². The number of hydrogen-bond donors (Lipinski definition) is 0. The molecule has 1 aromatic carbocycles. The summed E-state index contributed by atoms with van der Waals surface area (Å²) in [6, 6.07) is 10.2. The first-order valence-electron chi connectivity index (χ1n) is 5.71. The van der Waals surface area contributed by atoms with Crippen LogP contribution in [-0.4, -0.2) is 23.3 Å². The van der Waals surface area contributed by atoms with E-state index in [1.165, 1.54) is 0 Å². The van der Waals surface area contributed by atoms with Gasteiger partial charge < -0.3 is 9.32 Å². The SMILES string of the molecule is C=CCN(CC=C)c1nnc(-c2ccccc2)o1. The first kappa shape index (κ1) is 12.1. The van der Waals surface area contributed by atoms with Gasteiger partial charge >= 0.3 is 6.01 Å². The van der Waals surface area contributed by atoms with E-state index in [1.807, 2.05) is 35.2 Å². The lowest BCUT2D eigenvalue weighted by Gasteiger charge is -2.15.